The van der Waals surface area contributed by atoms with E-state index in [2.05, 4.69) is 32.2 Å². The van der Waals surface area contributed by atoms with Gasteiger partial charge < -0.3 is 21.5 Å². The molecule has 0 saturated carbocycles. The molecule has 2 nitrogen and oxygen atoms in total. The number of nitrogens with zero attached hydrogens (tertiary/aromatic N) is 2. The van der Waals surface area contributed by atoms with Gasteiger partial charge in [0.25, 0.3) is 0 Å². The van der Waals surface area contributed by atoms with Crippen LogP contribution in [0.15, 0.2) is 24.4 Å². The van der Waals surface area contributed by atoms with Gasteiger partial charge in [-0.15, -0.1) is 0 Å². The molecule has 0 spiro atoms. The van der Waals surface area contributed by atoms with E-state index in [4.69, 9.17) is 0 Å². The maximum Gasteiger partial charge on any atom is 0.121 e. The molecule has 0 unspecified atom stereocenters. The van der Waals surface area contributed by atoms with Gasteiger partial charge >= 0.3 is 0 Å². The molecular weight excluding hydrogens is 216 g/mol. The lowest BCUT2D eigenvalue weighted by atomic mass is 10.3. The Hall–Kier alpha value is -0.410. The lowest BCUT2D eigenvalue weighted by Gasteiger charge is -2.22. The summed E-state index contributed by atoms with van der Waals surface area (Å²) in [6.45, 7) is 0.987. The predicted molar refractivity (Wildman–Crippen MR) is 46.0 cm³/mol. The molecular formula is C9H15BrN2. The molecule has 0 fully saturated rings. The Kier molecular flexibility index (Phi) is 4.42. The number of pyridine rings is 1. The van der Waals surface area contributed by atoms with Crippen molar-refractivity contribution in [1.29, 1.82) is 0 Å². The highest BCUT2D eigenvalue weighted by Crippen LogP contribution is 2.01. The summed E-state index contributed by atoms with van der Waals surface area (Å²) in [5.74, 6) is 0. The van der Waals surface area contributed by atoms with Crippen LogP contribution in [0.5, 0.6) is 0 Å². The minimum absolute atomic E-state index is 0. The molecule has 0 aromatic carbocycles. The molecule has 1 aromatic heterocycles. The second-order valence-corrected chi connectivity index (χ2v) is 3.77. The summed E-state index contributed by atoms with van der Waals surface area (Å²) < 4.78 is 0.928. The van der Waals surface area contributed by atoms with Crippen LogP contribution in [0.25, 0.3) is 0 Å². The molecule has 0 saturated heterocycles. The normalized spacial score (nSPS) is 10.6. The average Bonchev–Trinajstić information content (AvgIpc) is 1.85. The van der Waals surface area contributed by atoms with Crippen LogP contribution in [0.1, 0.15) is 5.69 Å². The first kappa shape index (κ1) is 11.6. The molecule has 1 rings (SSSR count). The largest absolute Gasteiger partial charge is 1.00 e. The van der Waals surface area contributed by atoms with Crippen molar-refractivity contribution in [2.24, 2.45) is 0 Å². The van der Waals surface area contributed by atoms with Crippen LogP contribution in [-0.2, 0) is 6.54 Å². The van der Waals surface area contributed by atoms with Gasteiger partial charge in [-0.1, -0.05) is 6.07 Å². The molecule has 0 amide bonds. The molecule has 1 aromatic rings. The van der Waals surface area contributed by atoms with E-state index in [1.54, 1.807) is 0 Å². The Morgan fingerprint density at radius 1 is 1.25 bits per heavy atom. The molecule has 68 valence electrons. The fourth-order valence-electron chi connectivity index (χ4n) is 0.978. The van der Waals surface area contributed by atoms with Crippen LogP contribution in [0, 0.1) is 0 Å². The maximum atomic E-state index is 4.25. The SMILES string of the molecule is C[N+](C)(C)Cc1ccccn1.[Br-]. The first-order chi connectivity index (χ1) is 5.08. The second kappa shape index (κ2) is 4.58. The lowest BCUT2D eigenvalue weighted by Crippen LogP contribution is -3.00. The van der Waals surface area contributed by atoms with Gasteiger partial charge in [0.2, 0.25) is 0 Å². The summed E-state index contributed by atoms with van der Waals surface area (Å²) in [6.07, 6.45) is 1.84. The molecule has 1 heterocycles. The van der Waals surface area contributed by atoms with E-state index in [9.17, 15) is 0 Å². The Morgan fingerprint density at radius 2 is 1.92 bits per heavy atom. The van der Waals surface area contributed by atoms with Crippen LogP contribution in [0.3, 0.4) is 0 Å². The van der Waals surface area contributed by atoms with Crippen molar-refractivity contribution in [2.45, 2.75) is 6.54 Å². The van der Waals surface area contributed by atoms with Crippen LogP contribution >= 0.6 is 0 Å². The Bertz CT molecular complexity index is 216. The van der Waals surface area contributed by atoms with Gasteiger partial charge in [-0.3, -0.25) is 4.98 Å². The van der Waals surface area contributed by atoms with Gasteiger partial charge in [0.1, 0.15) is 6.54 Å². The third kappa shape index (κ3) is 4.46. The summed E-state index contributed by atoms with van der Waals surface area (Å²) in [6, 6.07) is 6.03. The van der Waals surface area contributed by atoms with Crippen molar-refractivity contribution >= 4 is 0 Å². The second-order valence-electron chi connectivity index (χ2n) is 3.77. The van der Waals surface area contributed by atoms with E-state index in [-0.39, 0.29) is 17.0 Å². The van der Waals surface area contributed by atoms with Crippen molar-refractivity contribution in [2.75, 3.05) is 21.1 Å². The molecule has 0 aliphatic heterocycles. The number of hydrogen-bond donors (Lipinski definition) is 0. The predicted octanol–water partition coefficient (Wildman–Crippen LogP) is -1.71. The van der Waals surface area contributed by atoms with Gasteiger partial charge in [-0.2, -0.15) is 0 Å². The third-order valence-corrected chi connectivity index (χ3v) is 1.36. The Morgan fingerprint density at radius 3 is 2.33 bits per heavy atom. The number of hydrogen-bond acceptors (Lipinski definition) is 1. The van der Waals surface area contributed by atoms with Gasteiger partial charge in [0.15, 0.2) is 0 Å². The van der Waals surface area contributed by atoms with E-state index in [1.165, 1.54) is 0 Å². The molecule has 0 bridgehead atoms. The molecule has 0 aliphatic carbocycles. The summed E-state index contributed by atoms with van der Waals surface area (Å²) in [4.78, 5) is 4.25. The van der Waals surface area contributed by atoms with E-state index in [0.29, 0.717) is 0 Å². The Balaban J connectivity index is 0.00000121. The number of quaternary nitrogens is 1. The summed E-state index contributed by atoms with van der Waals surface area (Å²) in [7, 11) is 6.48. The topological polar surface area (TPSA) is 12.9 Å². The van der Waals surface area contributed by atoms with Crippen LogP contribution < -0.4 is 17.0 Å². The number of rotatable bonds is 2. The highest BCUT2D eigenvalue weighted by molar-refractivity contribution is 5.01. The molecule has 3 heteroatoms. The zero-order valence-corrected chi connectivity index (χ0v) is 9.37. The van der Waals surface area contributed by atoms with Crippen molar-refractivity contribution in [1.82, 2.24) is 4.98 Å². The van der Waals surface area contributed by atoms with Crippen LogP contribution in [-0.4, -0.2) is 30.6 Å². The molecule has 0 aliphatic rings. The first-order valence-corrected chi connectivity index (χ1v) is 3.78. The molecule has 0 N–H and O–H groups in total. The van der Waals surface area contributed by atoms with Crippen molar-refractivity contribution in [3.63, 3.8) is 0 Å². The summed E-state index contributed by atoms with van der Waals surface area (Å²) in [5, 5.41) is 0. The zero-order valence-electron chi connectivity index (χ0n) is 7.79. The van der Waals surface area contributed by atoms with Crippen LogP contribution in [0.2, 0.25) is 0 Å². The van der Waals surface area contributed by atoms with Crippen molar-refractivity contribution < 1.29 is 21.5 Å². The molecule has 0 atom stereocenters. The number of halogens is 1. The smallest absolute Gasteiger partial charge is 0.121 e. The van der Waals surface area contributed by atoms with Gasteiger partial charge in [-0.25, -0.2) is 0 Å². The highest BCUT2D eigenvalue weighted by atomic mass is 79.9. The van der Waals surface area contributed by atoms with E-state index < -0.39 is 0 Å². The Labute approximate surface area is 84.6 Å². The standard InChI is InChI=1S/C9H15N2.BrH/c1-11(2,3)8-9-6-4-5-7-10-9;/h4-7H,8H2,1-3H3;1H/q+1;/p-1. The maximum absolute atomic E-state index is 4.25. The minimum atomic E-state index is 0. The first-order valence-electron chi connectivity index (χ1n) is 3.78. The van der Waals surface area contributed by atoms with E-state index >= 15 is 0 Å². The minimum Gasteiger partial charge on any atom is -1.00 e. The third-order valence-electron chi connectivity index (χ3n) is 1.36. The molecule has 12 heavy (non-hydrogen) atoms. The monoisotopic (exact) mass is 230 g/mol. The van der Waals surface area contributed by atoms with Crippen molar-refractivity contribution in [3.8, 4) is 0 Å². The fraction of sp³-hybridized carbons (Fsp3) is 0.444. The lowest BCUT2D eigenvalue weighted by molar-refractivity contribution is -0.884. The van der Waals surface area contributed by atoms with E-state index in [1.807, 2.05) is 18.3 Å². The van der Waals surface area contributed by atoms with E-state index in [0.717, 1.165) is 16.7 Å². The highest BCUT2D eigenvalue weighted by Gasteiger charge is 2.07. The van der Waals surface area contributed by atoms with Crippen LogP contribution in [0.4, 0.5) is 0 Å². The summed E-state index contributed by atoms with van der Waals surface area (Å²) >= 11 is 0. The average molecular weight is 231 g/mol. The number of aromatic nitrogens is 1. The zero-order chi connectivity index (χ0) is 8.32. The fourth-order valence-corrected chi connectivity index (χ4v) is 0.978. The van der Waals surface area contributed by atoms with Gasteiger partial charge in [-0.05, 0) is 12.1 Å². The van der Waals surface area contributed by atoms with Crippen molar-refractivity contribution in [3.05, 3.63) is 30.1 Å². The van der Waals surface area contributed by atoms with Gasteiger partial charge in [0.05, 0.1) is 26.8 Å². The quantitative estimate of drug-likeness (QED) is 0.552. The summed E-state index contributed by atoms with van der Waals surface area (Å²) in [5.41, 5.74) is 1.15. The molecule has 0 radical (unpaired) electrons. The van der Waals surface area contributed by atoms with Gasteiger partial charge in [0, 0.05) is 6.20 Å².